The molecule has 0 spiro atoms. The van der Waals surface area contributed by atoms with Crippen molar-refractivity contribution in [2.24, 2.45) is 0 Å². The molecular formula is C15H19N3O2. The molecule has 1 amide bonds. The van der Waals surface area contributed by atoms with Crippen LogP contribution in [0.5, 0.6) is 0 Å². The number of hydrazine groups is 1. The van der Waals surface area contributed by atoms with Crippen molar-refractivity contribution >= 4 is 22.6 Å². The lowest BCUT2D eigenvalue weighted by Gasteiger charge is -2.12. The van der Waals surface area contributed by atoms with Crippen LogP contribution in [-0.4, -0.2) is 35.8 Å². The molecule has 0 unspecified atom stereocenters. The Morgan fingerprint density at radius 2 is 1.95 bits per heavy atom. The van der Waals surface area contributed by atoms with Crippen LogP contribution in [0.4, 0.5) is 0 Å². The van der Waals surface area contributed by atoms with Gasteiger partial charge < -0.3 is 4.98 Å². The van der Waals surface area contributed by atoms with Crippen LogP contribution in [0.25, 0.3) is 10.9 Å². The molecule has 2 aromatic rings. The molecule has 0 fully saturated rings. The van der Waals surface area contributed by atoms with Crippen LogP contribution in [-0.2, 0) is 11.2 Å². The molecule has 106 valence electrons. The lowest BCUT2D eigenvalue weighted by molar-refractivity contribution is -0.124. The van der Waals surface area contributed by atoms with Gasteiger partial charge in [-0.3, -0.25) is 15.0 Å². The Balaban J connectivity index is 2.43. The van der Waals surface area contributed by atoms with Gasteiger partial charge in [-0.05, 0) is 11.6 Å². The highest BCUT2D eigenvalue weighted by Gasteiger charge is 2.18. The van der Waals surface area contributed by atoms with Gasteiger partial charge in [-0.25, -0.2) is 5.01 Å². The minimum Gasteiger partial charge on any atom is -0.352 e. The number of hydrogen-bond acceptors (Lipinski definition) is 3. The predicted molar refractivity (Wildman–Crippen MR) is 78.5 cm³/mol. The Bertz CT molecular complexity index is 644. The van der Waals surface area contributed by atoms with Crippen LogP contribution in [0, 0.1) is 0 Å². The van der Waals surface area contributed by atoms with Gasteiger partial charge in [-0.2, -0.15) is 0 Å². The first-order valence-corrected chi connectivity index (χ1v) is 6.62. The van der Waals surface area contributed by atoms with Crippen LogP contribution >= 0.6 is 0 Å². The third kappa shape index (κ3) is 2.88. The summed E-state index contributed by atoms with van der Waals surface area (Å²) in [7, 11) is 3.51. The average Bonchev–Trinajstić information content (AvgIpc) is 2.76. The molecule has 0 saturated carbocycles. The molecular weight excluding hydrogens is 254 g/mol. The van der Waals surface area contributed by atoms with Crippen LogP contribution in [0.3, 0.4) is 0 Å². The molecule has 1 aromatic carbocycles. The number of fused-ring (bicyclic) bond motifs is 1. The minimum absolute atomic E-state index is 0.0221. The number of carbonyl (C=O) groups is 2. The average molecular weight is 273 g/mol. The number of carbonyl (C=O) groups excluding carboxylic acids is 2. The number of amides is 1. The van der Waals surface area contributed by atoms with E-state index in [-0.39, 0.29) is 18.1 Å². The Morgan fingerprint density at radius 3 is 2.60 bits per heavy atom. The lowest BCUT2D eigenvalue weighted by atomic mass is 10.0. The van der Waals surface area contributed by atoms with Crippen molar-refractivity contribution in [2.75, 3.05) is 14.1 Å². The molecule has 5 nitrogen and oxygen atoms in total. The number of nitrogens with zero attached hydrogens (tertiary/aromatic N) is 1. The van der Waals surface area contributed by atoms with Crippen molar-refractivity contribution < 1.29 is 9.59 Å². The Kier molecular flexibility index (Phi) is 4.20. The molecule has 2 N–H and O–H groups in total. The van der Waals surface area contributed by atoms with E-state index in [4.69, 9.17) is 0 Å². The van der Waals surface area contributed by atoms with Crippen molar-refractivity contribution in [3.63, 3.8) is 0 Å². The second-order valence-electron chi connectivity index (χ2n) is 4.91. The summed E-state index contributed by atoms with van der Waals surface area (Å²) in [6.07, 6.45) is 0.596. The second-order valence-corrected chi connectivity index (χ2v) is 4.91. The quantitative estimate of drug-likeness (QED) is 0.646. The number of benzene rings is 1. The van der Waals surface area contributed by atoms with E-state index in [9.17, 15) is 9.59 Å². The molecule has 1 aromatic heterocycles. The normalized spacial score (nSPS) is 11.0. The van der Waals surface area contributed by atoms with Gasteiger partial charge in [0.1, 0.15) is 0 Å². The summed E-state index contributed by atoms with van der Waals surface area (Å²) in [5.74, 6) is -0.112. The Labute approximate surface area is 117 Å². The van der Waals surface area contributed by atoms with Gasteiger partial charge in [0.25, 0.3) is 0 Å². The van der Waals surface area contributed by atoms with Crippen molar-refractivity contribution in [1.29, 1.82) is 0 Å². The fraction of sp³-hybridized carbons (Fsp3) is 0.333. The number of aromatic amines is 1. The van der Waals surface area contributed by atoms with E-state index in [0.717, 1.165) is 16.5 Å². The van der Waals surface area contributed by atoms with E-state index in [0.29, 0.717) is 12.1 Å². The number of Topliss-reactive ketones (excluding diaryl/α,β-unsaturated/α-hetero) is 1. The predicted octanol–water partition coefficient (Wildman–Crippen LogP) is 1.90. The fourth-order valence-corrected chi connectivity index (χ4v) is 2.25. The van der Waals surface area contributed by atoms with E-state index < -0.39 is 0 Å². The maximum atomic E-state index is 12.0. The zero-order valence-electron chi connectivity index (χ0n) is 12.0. The van der Waals surface area contributed by atoms with Gasteiger partial charge >= 0.3 is 0 Å². The van der Waals surface area contributed by atoms with E-state index in [1.54, 1.807) is 19.1 Å². The summed E-state index contributed by atoms with van der Waals surface area (Å²) in [5, 5.41) is 2.52. The number of nitrogens with one attached hydrogen (secondary N) is 2. The van der Waals surface area contributed by atoms with E-state index in [1.807, 2.05) is 31.2 Å². The topological polar surface area (TPSA) is 65.2 Å². The van der Waals surface area contributed by atoms with E-state index >= 15 is 0 Å². The number of para-hydroxylation sites is 1. The van der Waals surface area contributed by atoms with Crippen LogP contribution in [0.1, 0.15) is 29.4 Å². The number of ketones is 1. The van der Waals surface area contributed by atoms with Gasteiger partial charge in [0.2, 0.25) is 5.91 Å². The molecule has 2 rings (SSSR count). The van der Waals surface area contributed by atoms with Gasteiger partial charge in [-0.15, -0.1) is 0 Å². The molecule has 0 aliphatic heterocycles. The molecule has 0 atom stereocenters. The number of aromatic nitrogens is 1. The smallest absolute Gasteiger partial charge is 0.238 e. The molecule has 0 aliphatic carbocycles. The van der Waals surface area contributed by atoms with Crippen molar-refractivity contribution in [2.45, 2.75) is 19.8 Å². The highest BCUT2D eigenvalue weighted by atomic mass is 16.2. The monoisotopic (exact) mass is 273 g/mol. The summed E-state index contributed by atoms with van der Waals surface area (Å²) in [6, 6.07) is 7.65. The molecule has 0 radical (unpaired) electrons. The second kappa shape index (κ2) is 5.88. The maximum absolute atomic E-state index is 12.0. The van der Waals surface area contributed by atoms with Gasteiger partial charge in [0.05, 0.1) is 12.1 Å². The van der Waals surface area contributed by atoms with Gasteiger partial charge in [0, 0.05) is 31.4 Å². The SMILES string of the molecule is CCC(=O)c1[nH]c2ccccc2c1CC(=O)NN(C)C. The first kappa shape index (κ1) is 14.3. The van der Waals surface area contributed by atoms with Crippen LogP contribution in [0.2, 0.25) is 0 Å². The molecule has 5 heteroatoms. The maximum Gasteiger partial charge on any atom is 0.238 e. The van der Waals surface area contributed by atoms with E-state index in [2.05, 4.69) is 10.4 Å². The van der Waals surface area contributed by atoms with Crippen LogP contribution in [0.15, 0.2) is 24.3 Å². The summed E-state index contributed by atoms with van der Waals surface area (Å²) in [5.41, 5.74) is 4.90. The molecule has 1 heterocycles. The number of H-pyrrole nitrogens is 1. The number of rotatable bonds is 5. The van der Waals surface area contributed by atoms with Gasteiger partial charge in [0.15, 0.2) is 5.78 Å². The zero-order valence-corrected chi connectivity index (χ0v) is 12.0. The highest BCUT2D eigenvalue weighted by Crippen LogP contribution is 2.24. The zero-order chi connectivity index (χ0) is 14.7. The van der Waals surface area contributed by atoms with E-state index in [1.165, 1.54) is 0 Å². The summed E-state index contributed by atoms with van der Waals surface area (Å²) in [6.45, 7) is 1.82. The summed E-state index contributed by atoms with van der Waals surface area (Å²) >= 11 is 0. The largest absolute Gasteiger partial charge is 0.352 e. The Hall–Kier alpha value is -2.14. The van der Waals surface area contributed by atoms with Crippen molar-refractivity contribution in [1.82, 2.24) is 15.4 Å². The summed E-state index contributed by atoms with van der Waals surface area (Å²) < 4.78 is 0. The third-order valence-corrected chi connectivity index (χ3v) is 3.10. The molecule has 0 bridgehead atoms. The molecule has 20 heavy (non-hydrogen) atoms. The van der Waals surface area contributed by atoms with Gasteiger partial charge in [-0.1, -0.05) is 25.1 Å². The molecule has 0 aliphatic rings. The van der Waals surface area contributed by atoms with Crippen LogP contribution < -0.4 is 5.43 Å². The fourth-order valence-electron chi connectivity index (χ4n) is 2.25. The summed E-state index contributed by atoms with van der Waals surface area (Å²) in [4.78, 5) is 27.1. The Morgan fingerprint density at radius 1 is 1.25 bits per heavy atom. The highest BCUT2D eigenvalue weighted by molar-refractivity contribution is 6.03. The first-order valence-electron chi connectivity index (χ1n) is 6.62. The third-order valence-electron chi connectivity index (χ3n) is 3.10. The minimum atomic E-state index is -0.134. The molecule has 0 saturated heterocycles. The number of hydrogen-bond donors (Lipinski definition) is 2. The lowest BCUT2D eigenvalue weighted by Crippen LogP contribution is -2.37. The van der Waals surface area contributed by atoms with Crippen molar-refractivity contribution in [3.05, 3.63) is 35.5 Å². The van der Waals surface area contributed by atoms with Crippen molar-refractivity contribution in [3.8, 4) is 0 Å². The standard InChI is InChI=1S/C15H19N3O2/c1-4-13(19)15-11(9-14(20)17-18(2)3)10-7-5-6-8-12(10)16-15/h5-8,16H,4,9H2,1-3H3,(H,17,20). The first-order chi connectivity index (χ1) is 9.52.